The van der Waals surface area contributed by atoms with E-state index in [1.165, 1.54) is 12.4 Å². The monoisotopic (exact) mass is 480 g/mol. The van der Waals surface area contributed by atoms with E-state index in [-0.39, 0.29) is 36.3 Å². The van der Waals surface area contributed by atoms with E-state index in [2.05, 4.69) is 20.6 Å². The van der Waals surface area contributed by atoms with Crippen molar-refractivity contribution in [2.45, 2.75) is 24.8 Å². The molecule has 9 nitrogen and oxygen atoms in total. The topological polar surface area (TPSA) is 131 Å². The van der Waals surface area contributed by atoms with Crippen LogP contribution in [0.5, 0.6) is 0 Å². The van der Waals surface area contributed by atoms with Gasteiger partial charge in [0.25, 0.3) is 0 Å². The van der Waals surface area contributed by atoms with E-state index in [0.29, 0.717) is 0 Å². The smallest absolute Gasteiger partial charge is 0.407 e. The Morgan fingerprint density at radius 3 is 2.29 bits per heavy atom. The summed E-state index contributed by atoms with van der Waals surface area (Å²) in [5, 5.41) is 14.1. The second-order valence-corrected chi connectivity index (χ2v) is 8.06. The highest BCUT2D eigenvalue weighted by molar-refractivity contribution is 6.29. The van der Waals surface area contributed by atoms with Crippen molar-refractivity contribution in [1.29, 1.82) is 0 Å². The second-order valence-electron chi connectivity index (χ2n) is 7.67. The maximum absolute atomic E-state index is 12.7. The largest absolute Gasteiger partial charge is 0.481 e. The molecule has 0 aliphatic heterocycles. The lowest BCUT2D eigenvalue weighted by atomic mass is 9.98. The van der Waals surface area contributed by atoms with Gasteiger partial charge in [-0.2, -0.15) is 0 Å². The lowest BCUT2D eigenvalue weighted by Crippen LogP contribution is -2.44. The number of nitrogens with zero attached hydrogens (tertiary/aromatic N) is 2. The molecule has 0 fully saturated rings. The number of carbonyl (C=O) groups excluding carboxylic acids is 2. The van der Waals surface area contributed by atoms with Crippen LogP contribution in [0.1, 0.15) is 29.9 Å². The molecule has 34 heavy (non-hydrogen) atoms. The fourth-order valence-corrected chi connectivity index (χ4v) is 4.08. The van der Waals surface area contributed by atoms with Gasteiger partial charge in [0.2, 0.25) is 5.91 Å². The quantitative estimate of drug-likeness (QED) is 0.417. The minimum atomic E-state index is -1.15. The van der Waals surface area contributed by atoms with Crippen molar-refractivity contribution in [2.75, 3.05) is 11.9 Å². The number of hydrogen-bond donors (Lipinski definition) is 3. The minimum Gasteiger partial charge on any atom is -0.481 e. The Bertz CT molecular complexity index is 1190. The van der Waals surface area contributed by atoms with Crippen LogP contribution in [0.15, 0.2) is 60.9 Å². The molecule has 0 bridgehead atoms. The van der Waals surface area contributed by atoms with Crippen LogP contribution in [-0.2, 0) is 14.3 Å². The van der Waals surface area contributed by atoms with E-state index in [1.54, 1.807) is 0 Å². The molecule has 1 aromatic heterocycles. The number of aliphatic carboxylic acids is 1. The minimum absolute atomic E-state index is 0.0641. The number of anilines is 1. The van der Waals surface area contributed by atoms with E-state index >= 15 is 0 Å². The molecule has 1 heterocycles. The number of rotatable bonds is 8. The summed E-state index contributed by atoms with van der Waals surface area (Å²) in [5.74, 6) is -1.77. The maximum Gasteiger partial charge on any atom is 0.407 e. The zero-order valence-corrected chi connectivity index (χ0v) is 18.7. The molecule has 0 saturated heterocycles. The van der Waals surface area contributed by atoms with Crippen LogP contribution in [0.3, 0.4) is 0 Å². The van der Waals surface area contributed by atoms with Gasteiger partial charge in [-0.25, -0.2) is 14.8 Å². The molecule has 1 atom stereocenters. The number of fused-ring (bicyclic) bond motifs is 3. The maximum atomic E-state index is 12.7. The Hall–Kier alpha value is -3.98. The number of amides is 2. The lowest BCUT2D eigenvalue weighted by Gasteiger charge is -2.19. The fraction of sp³-hybridized carbons (Fsp3) is 0.208. The van der Waals surface area contributed by atoms with Crippen LogP contribution in [0, 0.1) is 0 Å². The third-order valence-corrected chi connectivity index (χ3v) is 5.69. The Balaban J connectivity index is 1.43. The van der Waals surface area contributed by atoms with Crippen molar-refractivity contribution in [3.63, 3.8) is 0 Å². The standard InChI is InChI=1S/C24H21ClN4O5/c25-20-11-21(27-13-26-20)29-23(32)19(9-10-22(30)31)28-24(33)34-12-18-16-7-3-1-5-14(16)15-6-2-4-8-17(15)18/h1-8,11,13,18-19H,9-10,12H2,(H,28,33)(H,30,31)(H,26,27,29,32). The first-order chi connectivity index (χ1) is 16.4. The molecule has 0 radical (unpaired) electrons. The van der Waals surface area contributed by atoms with Crippen molar-refractivity contribution in [3.05, 3.63) is 77.2 Å². The molecule has 3 N–H and O–H groups in total. The Kier molecular flexibility index (Phi) is 7.03. The Labute approximate surface area is 200 Å². The summed E-state index contributed by atoms with van der Waals surface area (Å²) in [6.07, 6.45) is -0.118. The number of ether oxygens (including phenoxy) is 1. The Morgan fingerprint density at radius 1 is 1.03 bits per heavy atom. The van der Waals surface area contributed by atoms with Crippen molar-refractivity contribution in [1.82, 2.24) is 15.3 Å². The third-order valence-electron chi connectivity index (χ3n) is 5.48. The number of nitrogens with one attached hydrogen (secondary N) is 2. The molecule has 0 spiro atoms. The van der Waals surface area contributed by atoms with Crippen LogP contribution >= 0.6 is 11.6 Å². The fourth-order valence-electron chi connectivity index (χ4n) is 3.93. The van der Waals surface area contributed by atoms with Gasteiger partial charge in [0.15, 0.2) is 0 Å². The number of hydrogen-bond acceptors (Lipinski definition) is 6. The molecule has 0 saturated carbocycles. The van der Waals surface area contributed by atoms with Crippen molar-refractivity contribution < 1.29 is 24.2 Å². The summed E-state index contributed by atoms with van der Waals surface area (Å²) in [6.45, 7) is 0.0641. The molecular formula is C24H21ClN4O5. The van der Waals surface area contributed by atoms with E-state index in [1.807, 2.05) is 48.5 Å². The zero-order chi connectivity index (χ0) is 24.1. The van der Waals surface area contributed by atoms with Crippen LogP contribution in [-0.4, -0.2) is 45.7 Å². The first-order valence-corrected chi connectivity index (χ1v) is 10.9. The van der Waals surface area contributed by atoms with Gasteiger partial charge < -0.3 is 20.5 Å². The average molecular weight is 481 g/mol. The van der Waals surface area contributed by atoms with E-state index < -0.39 is 24.0 Å². The zero-order valence-electron chi connectivity index (χ0n) is 17.9. The summed E-state index contributed by atoms with van der Waals surface area (Å²) in [6, 6.07) is 16.0. The van der Waals surface area contributed by atoms with Crippen LogP contribution < -0.4 is 10.6 Å². The Morgan fingerprint density at radius 2 is 1.68 bits per heavy atom. The number of carbonyl (C=O) groups is 3. The summed E-state index contributed by atoms with van der Waals surface area (Å²) >= 11 is 5.80. The average Bonchev–Trinajstić information content (AvgIpc) is 3.14. The molecule has 4 rings (SSSR count). The van der Waals surface area contributed by atoms with Crippen LogP contribution in [0.25, 0.3) is 11.1 Å². The van der Waals surface area contributed by atoms with Gasteiger partial charge in [-0.15, -0.1) is 0 Å². The second kappa shape index (κ2) is 10.3. The molecule has 174 valence electrons. The number of halogens is 1. The van der Waals surface area contributed by atoms with E-state index in [9.17, 15) is 14.4 Å². The van der Waals surface area contributed by atoms with Gasteiger partial charge >= 0.3 is 12.1 Å². The van der Waals surface area contributed by atoms with Gasteiger partial charge in [0.05, 0.1) is 0 Å². The SMILES string of the molecule is O=C(O)CCC(NC(=O)OCC1c2ccccc2-c2ccccc21)C(=O)Nc1cc(Cl)ncn1. The first-order valence-electron chi connectivity index (χ1n) is 10.5. The highest BCUT2D eigenvalue weighted by atomic mass is 35.5. The van der Waals surface area contributed by atoms with Gasteiger partial charge in [-0.3, -0.25) is 9.59 Å². The molecule has 3 aromatic rings. The van der Waals surface area contributed by atoms with Gasteiger partial charge in [0.1, 0.15) is 29.9 Å². The van der Waals surface area contributed by atoms with Crippen LogP contribution in [0.4, 0.5) is 10.6 Å². The van der Waals surface area contributed by atoms with Crippen molar-refractivity contribution in [2.24, 2.45) is 0 Å². The number of carboxylic acid groups (broad SMARTS) is 1. The molecule has 1 unspecified atom stereocenters. The number of alkyl carbamates (subject to hydrolysis) is 1. The molecular weight excluding hydrogens is 460 g/mol. The normalized spacial score (nSPS) is 12.9. The van der Waals surface area contributed by atoms with Gasteiger partial charge in [0, 0.05) is 18.4 Å². The first kappa shape index (κ1) is 23.2. The van der Waals surface area contributed by atoms with E-state index in [4.69, 9.17) is 21.4 Å². The van der Waals surface area contributed by atoms with Gasteiger partial charge in [-0.05, 0) is 28.7 Å². The van der Waals surface area contributed by atoms with Gasteiger partial charge in [-0.1, -0.05) is 60.1 Å². The number of aromatic nitrogens is 2. The van der Waals surface area contributed by atoms with E-state index in [0.717, 1.165) is 22.3 Å². The predicted molar refractivity (Wildman–Crippen MR) is 125 cm³/mol. The predicted octanol–water partition coefficient (Wildman–Crippen LogP) is 3.84. The molecule has 1 aliphatic rings. The van der Waals surface area contributed by atoms with Crippen molar-refractivity contribution in [3.8, 4) is 11.1 Å². The lowest BCUT2D eigenvalue weighted by molar-refractivity contribution is -0.137. The molecule has 10 heteroatoms. The molecule has 2 amide bonds. The molecule has 1 aliphatic carbocycles. The highest BCUT2D eigenvalue weighted by Crippen LogP contribution is 2.44. The van der Waals surface area contributed by atoms with Crippen molar-refractivity contribution >= 4 is 35.4 Å². The summed E-state index contributed by atoms with van der Waals surface area (Å²) < 4.78 is 5.47. The third kappa shape index (κ3) is 5.32. The summed E-state index contributed by atoms with van der Waals surface area (Å²) in [4.78, 5) is 43.9. The van der Waals surface area contributed by atoms with Crippen LogP contribution in [0.2, 0.25) is 5.15 Å². The highest BCUT2D eigenvalue weighted by Gasteiger charge is 2.30. The molecule has 2 aromatic carbocycles. The number of benzene rings is 2. The summed E-state index contributed by atoms with van der Waals surface area (Å²) in [7, 11) is 0. The summed E-state index contributed by atoms with van der Waals surface area (Å²) in [5.41, 5.74) is 4.29. The number of carboxylic acids is 1.